The quantitative estimate of drug-likeness (QED) is 0.900. The summed E-state index contributed by atoms with van der Waals surface area (Å²) in [6, 6.07) is 4.95. The number of carbonyl (C=O) groups excluding carboxylic acids is 1. The van der Waals surface area contributed by atoms with E-state index >= 15 is 0 Å². The van der Waals surface area contributed by atoms with Gasteiger partial charge in [0, 0.05) is 19.3 Å². The third-order valence-electron chi connectivity index (χ3n) is 2.53. The lowest BCUT2D eigenvalue weighted by Gasteiger charge is -2.23. The molecule has 0 saturated carbocycles. The van der Waals surface area contributed by atoms with Crippen LogP contribution in [-0.2, 0) is 11.0 Å². The van der Waals surface area contributed by atoms with Crippen molar-refractivity contribution in [2.45, 2.75) is 13.1 Å². The summed E-state index contributed by atoms with van der Waals surface area (Å²) in [5.41, 5.74) is -0.328. The molecule has 6 heteroatoms. The molecule has 1 aromatic carbocycles. The molecule has 0 aliphatic carbocycles. The zero-order chi connectivity index (χ0) is 13.8. The van der Waals surface area contributed by atoms with Gasteiger partial charge in [0.2, 0.25) is 5.91 Å². The molecule has 1 aromatic rings. The van der Waals surface area contributed by atoms with Crippen molar-refractivity contribution in [2.24, 2.45) is 0 Å². The molecule has 0 aliphatic heterocycles. The minimum absolute atomic E-state index is 0.0360. The first-order valence-electron chi connectivity index (χ1n) is 5.51. The van der Waals surface area contributed by atoms with Gasteiger partial charge in [0.15, 0.2) is 0 Å². The van der Waals surface area contributed by atoms with Gasteiger partial charge in [-0.05, 0) is 25.1 Å². The minimum Gasteiger partial charge on any atom is -0.362 e. The molecule has 1 amide bonds. The smallest absolute Gasteiger partial charge is 0.362 e. The van der Waals surface area contributed by atoms with Crippen molar-refractivity contribution >= 4 is 11.6 Å². The van der Waals surface area contributed by atoms with E-state index in [-0.39, 0.29) is 12.5 Å². The summed E-state index contributed by atoms with van der Waals surface area (Å²) < 4.78 is 37.7. The van der Waals surface area contributed by atoms with Crippen molar-refractivity contribution in [1.82, 2.24) is 5.32 Å². The van der Waals surface area contributed by atoms with Crippen LogP contribution in [0.25, 0.3) is 0 Å². The van der Waals surface area contributed by atoms with Crippen molar-refractivity contribution < 1.29 is 18.0 Å². The van der Waals surface area contributed by atoms with Crippen molar-refractivity contribution in [2.75, 3.05) is 25.0 Å². The van der Waals surface area contributed by atoms with Crippen LogP contribution >= 0.6 is 0 Å². The molecule has 1 N–H and O–H groups in total. The lowest BCUT2D eigenvalue weighted by Crippen LogP contribution is -2.35. The van der Waals surface area contributed by atoms with E-state index in [4.69, 9.17) is 0 Å². The van der Waals surface area contributed by atoms with Gasteiger partial charge >= 0.3 is 6.18 Å². The Hall–Kier alpha value is -1.72. The summed E-state index contributed by atoms with van der Waals surface area (Å²) in [6.07, 6.45) is -4.37. The molecule has 1 rings (SSSR count). The third kappa shape index (κ3) is 3.65. The second-order valence-electron chi connectivity index (χ2n) is 3.74. The van der Waals surface area contributed by atoms with Crippen molar-refractivity contribution in [3.05, 3.63) is 29.8 Å². The molecule has 3 nitrogen and oxygen atoms in total. The first-order chi connectivity index (χ1) is 8.38. The zero-order valence-electron chi connectivity index (χ0n) is 10.2. The largest absolute Gasteiger partial charge is 0.416 e. The molecular weight excluding hydrogens is 245 g/mol. The van der Waals surface area contributed by atoms with Crippen LogP contribution in [0.2, 0.25) is 0 Å². The Bertz CT molecular complexity index is 418. The first kappa shape index (κ1) is 14.3. The van der Waals surface area contributed by atoms with Gasteiger partial charge in [0.1, 0.15) is 0 Å². The Labute approximate surface area is 104 Å². The van der Waals surface area contributed by atoms with Crippen molar-refractivity contribution in [3.8, 4) is 0 Å². The van der Waals surface area contributed by atoms with Crippen LogP contribution in [0.15, 0.2) is 24.3 Å². The molecule has 0 unspecified atom stereocenters. The fourth-order valence-electron chi connectivity index (χ4n) is 1.52. The van der Waals surface area contributed by atoms with Crippen LogP contribution in [-0.4, -0.2) is 26.0 Å². The predicted octanol–water partition coefficient (Wildman–Crippen LogP) is 2.28. The molecular formula is C12H15F3N2O. The Morgan fingerprint density at radius 1 is 1.39 bits per heavy atom. The number of likely N-dealkylation sites (N-methyl/N-ethyl adjacent to an activating group) is 2. The number of rotatable bonds is 4. The van der Waals surface area contributed by atoms with Crippen LogP contribution in [0.4, 0.5) is 18.9 Å². The van der Waals surface area contributed by atoms with E-state index in [1.54, 1.807) is 17.9 Å². The number of hydrogen-bond donors (Lipinski definition) is 1. The second kappa shape index (κ2) is 5.75. The third-order valence-corrected chi connectivity index (χ3v) is 2.53. The van der Waals surface area contributed by atoms with E-state index in [1.165, 1.54) is 13.1 Å². The van der Waals surface area contributed by atoms with Crippen LogP contribution in [0.1, 0.15) is 12.5 Å². The van der Waals surface area contributed by atoms with Gasteiger partial charge < -0.3 is 10.2 Å². The average Bonchev–Trinajstić information content (AvgIpc) is 2.34. The van der Waals surface area contributed by atoms with E-state index < -0.39 is 11.7 Å². The molecule has 0 bridgehead atoms. The summed E-state index contributed by atoms with van der Waals surface area (Å²) >= 11 is 0. The summed E-state index contributed by atoms with van der Waals surface area (Å²) in [4.78, 5) is 12.8. The fraction of sp³-hybridized carbons (Fsp3) is 0.417. The highest BCUT2D eigenvalue weighted by Crippen LogP contribution is 2.31. The second-order valence-corrected chi connectivity index (χ2v) is 3.74. The van der Waals surface area contributed by atoms with E-state index in [2.05, 4.69) is 5.32 Å². The van der Waals surface area contributed by atoms with E-state index in [0.717, 1.165) is 12.1 Å². The summed E-state index contributed by atoms with van der Waals surface area (Å²) in [6.45, 7) is 2.27. The van der Waals surface area contributed by atoms with Crippen LogP contribution < -0.4 is 10.2 Å². The fourth-order valence-corrected chi connectivity index (χ4v) is 1.52. The van der Waals surface area contributed by atoms with Gasteiger partial charge in [0.05, 0.1) is 12.1 Å². The van der Waals surface area contributed by atoms with Crippen LogP contribution in [0.5, 0.6) is 0 Å². The SMILES string of the molecule is CCN(CC(=O)NC)c1cccc(C(F)(F)F)c1. The van der Waals surface area contributed by atoms with Gasteiger partial charge in [0.25, 0.3) is 0 Å². The van der Waals surface area contributed by atoms with Gasteiger partial charge in [-0.15, -0.1) is 0 Å². The van der Waals surface area contributed by atoms with E-state index in [0.29, 0.717) is 12.2 Å². The number of halogens is 3. The number of carbonyl (C=O) groups is 1. The maximum Gasteiger partial charge on any atom is 0.416 e. The molecule has 0 fully saturated rings. The molecule has 0 heterocycles. The summed E-state index contributed by atoms with van der Waals surface area (Å²) in [7, 11) is 1.49. The topological polar surface area (TPSA) is 32.3 Å². The predicted molar refractivity (Wildman–Crippen MR) is 63.4 cm³/mol. The highest BCUT2D eigenvalue weighted by Gasteiger charge is 2.30. The Balaban J connectivity index is 2.96. The number of anilines is 1. The highest BCUT2D eigenvalue weighted by molar-refractivity contribution is 5.81. The van der Waals surface area contributed by atoms with E-state index in [1.807, 2.05) is 0 Å². The van der Waals surface area contributed by atoms with Crippen LogP contribution in [0.3, 0.4) is 0 Å². The maximum atomic E-state index is 12.6. The van der Waals surface area contributed by atoms with Gasteiger partial charge in [-0.2, -0.15) is 13.2 Å². The molecule has 100 valence electrons. The number of benzene rings is 1. The number of alkyl halides is 3. The normalized spacial score (nSPS) is 11.2. The summed E-state index contributed by atoms with van der Waals surface area (Å²) in [5, 5.41) is 2.44. The van der Waals surface area contributed by atoms with Crippen molar-refractivity contribution in [1.29, 1.82) is 0 Å². The van der Waals surface area contributed by atoms with Crippen LogP contribution in [0, 0.1) is 0 Å². The molecule has 0 radical (unpaired) electrons. The van der Waals surface area contributed by atoms with E-state index in [9.17, 15) is 18.0 Å². The number of nitrogens with zero attached hydrogens (tertiary/aromatic N) is 1. The number of nitrogens with one attached hydrogen (secondary N) is 1. The Morgan fingerprint density at radius 3 is 2.56 bits per heavy atom. The lowest BCUT2D eigenvalue weighted by molar-refractivity contribution is -0.137. The molecule has 0 aromatic heterocycles. The lowest BCUT2D eigenvalue weighted by atomic mass is 10.2. The zero-order valence-corrected chi connectivity index (χ0v) is 10.2. The average molecular weight is 260 g/mol. The Kier molecular flexibility index (Phi) is 4.58. The molecule has 18 heavy (non-hydrogen) atoms. The van der Waals surface area contributed by atoms with Gasteiger partial charge in [-0.25, -0.2) is 0 Å². The molecule has 0 aliphatic rings. The molecule has 0 atom stereocenters. The summed E-state index contributed by atoms with van der Waals surface area (Å²) in [5.74, 6) is -0.241. The number of hydrogen-bond acceptors (Lipinski definition) is 2. The number of amides is 1. The molecule has 0 saturated heterocycles. The van der Waals surface area contributed by atoms with Gasteiger partial charge in [-0.3, -0.25) is 4.79 Å². The maximum absolute atomic E-state index is 12.6. The standard InChI is InChI=1S/C12H15F3N2O/c1-3-17(8-11(18)16-2)10-6-4-5-9(7-10)12(13,14)15/h4-7H,3,8H2,1-2H3,(H,16,18). The molecule has 0 spiro atoms. The van der Waals surface area contributed by atoms with Gasteiger partial charge in [-0.1, -0.05) is 6.07 Å². The van der Waals surface area contributed by atoms with Crippen molar-refractivity contribution in [3.63, 3.8) is 0 Å². The monoisotopic (exact) mass is 260 g/mol. The first-order valence-corrected chi connectivity index (χ1v) is 5.51. The highest BCUT2D eigenvalue weighted by atomic mass is 19.4. The Morgan fingerprint density at radius 2 is 2.06 bits per heavy atom. The minimum atomic E-state index is -4.37.